The lowest BCUT2D eigenvalue weighted by atomic mass is 9.75. The molecule has 0 bridgehead atoms. The molecule has 0 atom stereocenters. The average Bonchev–Trinajstić information content (AvgIpc) is 2.62. The van der Waals surface area contributed by atoms with Gasteiger partial charge in [0.25, 0.3) is 0 Å². The average molecular weight is 351 g/mol. The van der Waals surface area contributed by atoms with Crippen molar-refractivity contribution in [1.82, 2.24) is 4.98 Å². The number of ketones is 1. The maximum Gasteiger partial charge on any atom is 0.165 e. The van der Waals surface area contributed by atoms with E-state index in [1.807, 2.05) is 0 Å². The van der Waals surface area contributed by atoms with E-state index in [9.17, 15) is 4.79 Å². The molecule has 0 amide bonds. The number of fused-ring (bicyclic) bond motifs is 1. The first-order chi connectivity index (χ1) is 12.4. The molecule has 1 fully saturated rings. The predicted octanol–water partition coefficient (Wildman–Crippen LogP) is 5.04. The van der Waals surface area contributed by atoms with E-state index in [0.717, 1.165) is 42.1 Å². The van der Waals surface area contributed by atoms with Crippen LogP contribution < -0.4 is 4.90 Å². The van der Waals surface area contributed by atoms with Gasteiger partial charge < -0.3 is 4.90 Å². The zero-order valence-electron chi connectivity index (χ0n) is 16.3. The van der Waals surface area contributed by atoms with Crippen molar-refractivity contribution in [3.05, 3.63) is 46.7 Å². The van der Waals surface area contributed by atoms with Gasteiger partial charge in [-0.15, -0.1) is 0 Å². The Morgan fingerprint density at radius 3 is 2.62 bits per heavy atom. The first-order valence-electron chi connectivity index (χ1n) is 10.1. The topological polar surface area (TPSA) is 33.2 Å². The second-order valence-corrected chi connectivity index (χ2v) is 9.01. The van der Waals surface area contributed by atoms with Crippen LogP contribution in [0.3, 0.4) is 0 Å². The zero-order valence-corrected chi connectivity index (χ0v) is 16.3. The molecule has 3 nitrogen and oxygen atoms in total. The van der Waals surface area contributed by atoms with Crippen LogP contribution in [0.15, 0.2) is 29.9 Å². The highest BCUT2D eigenvalue weighted by atomic mass is 16.1. The van der Waals surface area contributed by atoms with E-state index in [1.165, 1.54) is 25.7 Å². The number of nitrogens with zero attached hydrogens (tertiary/aromatic N) is 2. The van der Waals surface area contributed by atoms with E-state index < -0.39 is 0 Å². The van der Waals surface area contributed by atoms with Crippen molar-refractivity contribution in [2.24, 2.45) is 11.3 Å². The summed E-state index contributed by atoms with van der Waals surface area (Å²) in [6.07, 6.45) is 13.4. The number of allylic oxidation sites excluding steroid dienone is 4. The van der Waals surface area contributed by atoms with Crippen molar-refractivity contribution < 1.29 is 4.79 Å². The summed E-state index contributed by atoms with van der Waals surface area (Å²) in [5.41, 5.74) is 4.58. The summed E-state index contributed by atoms with van der Waals surface area (Å²) < 4.78 is 0. The molecule has 26 heavy (non-hydrogen) atoms. The van der Waals surface area contributed by atoms with Crippen LogP contribution in [-0.4, -0.2) is 23.9 Å². The molecule has 1 aliphatic heterocycles. The van der Waals surface area contributed by atoms with Crippen molar-refractivity contribution >= 4 is 11.6 Å². The number of carbonyl (C=O) groups is 1. The van der Waals surface area contributed by atoms with Crippen molar-refractivity contribution in [3.63, 3.8) is 0 Å². The molecule has 1 aromatic rings. The summed E-state index contributed by atoms with van der Waals surface area (Å²) >= 11 is 0. The zero-order chi connectivity index (χ0) is 18.3. The molecule has 4 rings (SSSR count). The van der Waals surface area contributed by atoms with E-state index in [0.29, 0.717) is 12.3 Å². The molecule has 138 valence electrons. The Balaban J connectivity index is 1.53. The monoisotopic (exact) mass is 350 g/mol. The van der Waals surface area contributed by atoms with Crippen LogP contribution >= 0.6 is 0 Å². The number of carbonyl (C=O) groups excluding carboxylic acids is 1. The fourth-order valence-corrected chi connectivity index (χ4v) is 4.74. The lowest BCUT2D eigenvalue weighted by molar-refractivity contribution is 0.0910. The minimum absolute atomic E-state index is 0.0242. The lowest BCUT2D eigenvalue weighted by Gasteiger charge is -2.36. The van der Waals surface area contributed by atoms with Crippen LogP contribution in [0.25, 0.3) is 0 Å². The largest absolute Gasteiger partial charge is 0.356 e. The highest BCUT2D eigenvalue weighted by Crippen LogP contribution is 2.37. The minimum Gasteiger partial charge on any atom is -0.356 e. The highest BCUT2D eigenvalue weighted by molar-refractivity contribution is 5.99. The smallest absolute Gasteiger partial charge is 0.165 e. The Morgan fingerprint density at radius 2 is 1.92 bits per heavy atom. The van der Waals surface area contributed by atoms with Gasteiger partial charge in [-0.05, 0) is 67.6 Å². The molecule has 0 N–H and O–H groups in total. The molecule has 0 radical (unpaired) electrons. The van der Waals surface area contributed by atoms with Gasteiger partial charge in [-0.25, -0.2) is 4.98 Å². The van der Waals surface area contributed by atoms with E-state index in [4.69, 9.17) is 4.98 Å². The fourth-order valence-electron chi connectivity index (χ4n) is 4.74. The Bertz CT molecular complexity index is 780. The number of hydrogen-bond acceptors (Lipinski definition) is 3. The van der Waals surface area contributed by atoms with Gasteiger partial charge in [0.15, 0.2) is 5.78 Å². The summed E-state index contributed by atoms with van der Waals surface area (Å²) in [7, 11) is 0. The quantitative estimate of drug-likeness (QED) is 0.749. The van der Waals surface area contributed by atoms with Gasteiger partial charge in [0.2, 0.25) is 0 Å². The Kier molecular flexibility index (Phi) is 4.50. The number of anilines is 1. The lowest BCUT2D eigenvalue weighted by Crippen LogP contribution is -2.36. The van der Waals surface area contributed by atoms with Gasteiger partial charge in [-0.1, -0.05) is 32.1 Å². The van der Waals surface area contributed by atoms with Crippen LogP contribution in [0.2, 0.25) is 0 Å². The first-order valence-corrected chi connectivity index (χ1v) is 10.1. The summed E-state index contributed by atoms with van der Waals surface area (Å²) in [6.45, 7) is 8.56. The number of aromatic nitrogens is 1. The maximum atomic E-state index is 12.5. The molecule has 0 aromatic carbocycles. The third-order valence-corrected chi connectivity index (χ3v) is 6.14. The van der Waals surface area contributed by atoms with Crippen LogP contribution in [0.4, 0.5) is 5.82 Å². The molecular weight excluding hydrogens is 320 g/mol. The molecule has 2 aliphatic carbocycles. The van der Waals surface area contributed by atoms with Crippen molar-refractivity contribution in [2.75, 3.05) is 18.0 Å². The summed E-state index contributed by atoms with van der Waals surface area (Å²) in [4.78, 5) is 19.9. The van der Waals surface area contributed by atoms with Gasteiger partial charge in [-0.2, -0.15) is 0 Å². The maximum absolute atomic E-state index is 12.5. The van der Waals surface area contributed by atoms with Gasteiger partial charge in [0, 0.05) is 25.1 Å². The molecule has 1 aromatic heterocycles. The summed E-state index contributed by atoms with van der Waals surface area (Å²) in [5.74, 6) is 2.05. The number of aryl methyl sites for hydroxylation is 1. The highest BCUT2D eigenvalue weighted by Gasteiger charge is 2.33. The minimum atomic E-state index is 0.0242. The third-order valence-electron chi connectivity index (χ3n) is 6.14. The van der Waals surface area contributed by atoms with Crippen LogP contribution in [0.1, 0.15) is 67.6 Å². The van der Waals surface area contributed by atoms with Crippen molar-refractivity contribution in [2.45, 2.75) is 59.3 Å². The number of hydrogen-bond donors (Lipinski definition) is 0. The van der Waals surface area contributed by atoms with E-state index >= 15 is 0 Å². The Morgan fingerprint density at radius 1 is 1.15 bits per heavy atom. The SMILES string of the molecule is Cc1cc2c(nc1N1CCC(C3=CCCC=C3)CC1)CC(C)(C)CC2=O. The second kappa shape index (κ2) is 6.68. The molecular formula is C23H30N2O. The molecule has 2 heterocycles. The number of Topliss-reactive ketones (excluding diaryl/α,β-unsaturated/α-hetero) is 1. The van der Waals surface area contributed by atoms with E-state index in [-0.39, 0.29) is 11.2 Å². The van der Waals surface area contributed by atoms with Gasteiger partial charge in [-0.3, -0.25) is 4.79 Å². The Labute approximate surface area is 157 Å². The molecule has 0 unspecified atom stereocenters. The normalized spacial score (nSPS) is 23.0. The summed E-state index contributed by atoms with van der Waals surface area (Å²) in [5, 5.41) is 0. The van der Waals surface area contributed by atoms with Crippen molar-refractivity contribution in [1.29, 1.82) is 0 Å². The van der Waals surface area contributed by atoms with Gasteiger partial charge in [0.05, 0.1) is 5.69 Å². The molecule has 3 aliphatic rings. The number of piperidine rings is 1. The van der Waals surface area contributed by atoms with Gasteiger partial charge >= 0.3 is 0 Å². The number of pyridine rings is 1. The molecule has 1 saturated heterocycles. The third kappa shape index (κ3) is 3.36. The van der Waals surface area contributed by atoms with Crippen LogP contribution in [0.5, 0.6) is 0 Å². The van der Waals surface area contributed by atoms with Crippen molar-refractivity contribution in [3.8, 4) is 0 Å². The molecule has 0 saturated carbocycles. The fraction of sp³-hybridized carbons (Fsp3) is 0.565. The first kappa shape index (κ1) is 17.5. The Hall–Kier alpha value is -1.90. The predicted molar refractivity (Wildman–Crippen MR) is 107 cm³/mol. The van der Waals surface area contributed by atoms with E-state index in [1.54, 1.807) is 5.57 Å². The van der Waals surface area contributed by atoms with Crippen LogP contribution in [0, 0.1) is 18.3 Å². The van der Waals surface area contributed by atoms with E-state index in [2.05, 4.69) is 50.0 Å². The number of rotatable bonds is 2. The van der Waals surface area contributed by atoms with Gasteiger partial charge in [0.1, 0.15) is 5.82 Å². The molecule has 0 spiro atoms. The second-order valence-electron chi connectivity index (χ2n) is 9.01. The summed E-state index contributed by atoms with van der Waals surface area (Å²) in [6, 6.07) is 2.09. The van der Waals surface area contributed by atoms with Crippen LogP contribution in [-0.2, 0) is 6.42 Å². The standard InChI is InChI=1S/C23H30N2O/c1-16-13-19-20(14-23(2,3)15-21(19)26)24-22(16)25-11-9-18(10-12-25)17-7-5-4-6-8-17/h5,7-8,13,18H,4,6,9-12,14-15H2,1-3H3. The molecule has 3 heteroatoms.